The molecule has 1 aromatic carbocycles. The van der Waals surface area contributed by atoms with Gasteiger partial charge in [-0.1, -0.05) is 0 Å². The van der Waals surface area contributed by atoms with E-state index in [4.69, 9.17) is 0 Å². The molecule has 1 aromatic heterocycles. The number of benzene rings is 1. The van der Waals surface area contributed by atoms with Gasteiger partial charge in [-0.2, -0.15) is 0 Å². The summed E-state index contributed by atoms with van der Waals surface area (Å²) in [4.78, 5) is 4.50. The normalized spacial score (nSPS) is 11.6. The summed E-state index contributed by atoms with van der Waals surface area (Å²) in [5.74, 6) is 6.84. The Morgan fingerprint density at radius 2 is 1.83 bits per heavy atom. The Morgan fingerprint density at radius 3 is 2.39 bits per heavy atom. The van der Waals surface area contributed by atoms with Crippen LogP contribution in [0.4, 0.5) is 4.39 Å². The van der Waals surface area contributed by atoms with Crippen molar-refractivity contribution in [3.63, 3.8) is 0 Å². The van der Waals surface area contributed by atoms with Gasteiger partial charge in [0.25, 0.3) is 0 Å². The van der Waals surface area contributed by atoms with Gasteiger partial charge in [0.1, 0.15) is 0 Å². The van der Waals surface area contributed by atoms with Gasteiger partial charge >= 0.3 is 110 Å². The van der Waals surface area contributed by atoms with E-state index in [1.165, 1.54) is 22.1 Å². The number of hydrogen-bond acceptors (Lipinski definition) is 1. The number of rotatable bonds is 2. The molecule has 1 nitrogen and oxygen atoms in total. The molecule has 0 saturated carbocycles. The first-order chi connectivity index (χ1) is 8.38. The van der Waals surface area contributed by atoms with Gasteiger partial charge in [0.2, 0.25) is 0 Å². The van der Waals surface area contributed by atoms with Gasteiger partial charge in [-0.15, -0.1) is 0 Å². The van der Waals surface area contributed by atoms with Gasteiger partial charge in [-0.25, -0.2) is 0 Å². The number of aryl methyl sites for hydroxylation is 1. The molecule has 0 atom stereocenters. The van der Waals surface area contributed by atoms with Crippen molar-refractivity contribution in [2.45, 2.75) is 24.2 Å². The van der Waals surface area contributed by atoms with Crippen LogP contribution >= 0.6 is 0 Å². The summed E-state index contributed by atoms with van der Waals surface area (Å²) in [7, 11) is 0. The van der Waals surface area contributed by atoms with Crippen molar-refractivity contribution in [3.8, 4) is 11.3 Å². The molecule has 2 rings (SSSR count). The second kappa shape index (κ2) is 4.84. The molecule has 3 heteroatoms. The fourth-order valence-electron chi connectivity index (χ4n) is 2.15. The first-order valence-electron chi connectivity index (χ1n) is 6.11. The van der Waals surface area contributed by atoms with E-state index in [1.807, 2.05) is 12.3 Å². The number of aromatic nitrogens is 1. The van der Waals surface area contributed by atoms with Crippen molar-refractivity contribution in [2.24, 2.45) is 0 Å². The third-order valence-electron chi connectivity index (χ3n) is 3.04. The van der Waals surface area contributed by atoms with Crippen LogP contribution in [0.5, 0.6) is 0 Å². The monoisotopic (exact) mass is 305 g/mol. The number of pyridine rings is 1. The van der Waals surface area contributed by atoms with Gasteiger partial charge < -0.3 is 0 Å². The molecule has 0 N–H and O–H groups in total. The molecule has 94 valence electrons. The maximum atomic E-state index is 13.2. The van der Waals surface area contributed by atoms with Crippen molar-refractivity contribution >= 4 is 17.7 Å². The molecule has 0 unspecified atom stereocenters. The van der Waals surface area contributed by atoms with Gasteiger partial charge in [0.15, 0.2) is 0 Å². The zero-order chi connectivity index (χ0) is 13.3. The molecule has 0 aliphatic carbocycles. The van der Waals surface area contributed by atoms with Crippen LogP contribution in [-0.4, -0.2) is 18.3 Å². The Balaban J connectivity index is 2.47. The predicted octanol–water partition coefficient (Wildman–Crippen LogP) is 3.74. The Hall–Kier alpha value is -1.16. The van der Waals surface area contributed by atoms with Crippen LogP contribution in [0.2, 0.25) is 17.3 Å². The molecule has 0 aliphatic rings. The van der Waals surface area contributed by atoms with Crippen LogP contribution in [0.1, 0.15) is 5.56 Å². The maximum absolute atomic E-state index is 13.2. The van der Waals surface area contributed by atoms with Crippen molar-refractivity contribution in [1.29, 1.82) is 0 Å². The summed E-state index contributed by atoms with van der Waals surface area (Å²) in [5.41, 5.74) is 2.96. The Bertz CT molecular complexity index is 573. The van der Waals surface area contributed by atoms with E-state index in [-0.39, 0.29) is 5.82 Å². The van der Waals surface area contributed by atoms with Crippen LogP contribution < -0.4 is 4.40 Å². The summed E-state index contributed by atoms with van der Waals surface area (Å²) in [6.07, 6.45) is 1.98. The van der Waals surface area contributed by atoms with Crippen LogP contribution in [0.25, 0.3) is 11.3 Å². The zero-order valence-electron chi connectivity index (χ0n) is 11.3. The minimum absolute atomic E-state index is 0.218. The van der Waals surface area contributed by atoms with Crippen LogP contribution in [0.3, 0.4) is 0 Å². The van der Waals surface area contributed by atoms with Crippen molar-refractivity contribution in [3.05, 3.63) is 47.9 Å². The molecule has 0 radical (unpaired) electrons. The molecule has 18 heavy (non-hydrogen) atoms. The fraction of sp³-hybridized carbons (Fsp3) is 0.267. The standard InChI is InChI=1S/C15H18FGeN/c1-11-8-15(12-6-5-7-13(16)9-12)18-10-14(11)17(2,3)4/h5-10H,1-4H3. The average Bonchev–Trinajstić information content (AvgIpc) is 2.27. The quantitative estimate of drug-likeness (QED) is 0.770. The molecule has 0 bridgehead atoms. The number of hydrogen-bond donors (Lipinski definition) is 0. The van der Waals surface area contributed by atoms with Gasteiger partial charge in [-0.05, 0) is 0 Å². The van der Waals surface area contributed by atoms with E-state index < -0.39 is 13.3 Å². The van der Waals surface area contributed by atoms with E-state index in [0.717, 1.165) is 11.3 Å². The van der Waals surface area contributed by atoms with Crippen LogP contribution in [0, 0.1) is 12.7 Å². The molecule has 0 aliphatic heterocycles. The zero-order valence-corrected chi connectivity index (χ0v) is 13.4. The van der Waals surface area contributed by atoms with Gasteiger partial charge in [-0.3, -0.25) is 0 Å². The molecule has 1 heterocycles. The van der Waals surface area contributed by atoms with Crippen molar-refractivity contribution < 1.29 is 4.39 Å². The third kappa shape index (κ3) is 2.81. The fourth-order valence-corrected chi connectivity index (χ4v) is 5.73. The second-order valence-corrected chi connectivity index (χ2v) is 16.2. The summed E-state index contributed by atoms with van der Waals surface area (Å²) in [6.45, 7) is 2.12. The van der Waals surface area contributed by atoms with E-state index in [1.54, 1.807) is 6.07 Å². The Kier molecular flexibility index (Phi) is 3.57. The molecule has 0 amide bonds. The predicted molar refractivity (Wildman–Crippen MR) is 77.3 cm³/mol. The van der Waals surface area contributed by atoms with Gasteiger partial charge in [0, 0.05) is 0 Å². The summed E-state index contributed by atoms with van der Waals surface area (Å²) in [5, 5.41) is 0. The van der Waals surface area contributed by atoms with E-state index in [0.29, 0.717) is 0 Å². The summed E-state index contributed by atoms with van der Waals surface area (Å²) >= 11 is -1.85. The second-order valence-electron chi connectivity index (χ2n) is 5.64. The summed E-state index contributed by atoms with van der Waals surface area (Å²) < 4.78 is 14.6. The van der Waals surface area contributed by atoms with E-state index in [9.17, 15) is 4.39 Å². The molecule has 0 saturated heterocycles. The number of halogens is 1. The Labute approximate surface area is 110 Å². The summed E-state index contributed by atoms with van der Waals surface area (Å²) in [6, 6.07) is 8.66. The van der Waals surface area contributed by atoms with Crippen LogP contribution in [0.15, 0.2) is 36.5 Å². The molecule has 0 fully saturated rings. The molecular weight excluding hydrogens is 286 g/mol. The molecular formula is C15H18FGeN. The first kappa shape index (κ1) is 13.3. The van der Waals surface area contributed by atoms with E-state index in [2.05, 4.69) is 35.2 Å². The minimum atomic E-state index is -1.85. The third-order valence-corrected chi connectivity index (χ3v) is 7.53. The molecule has 0 spiro atoms. The van der Waals surface area contributed by atoms with Crippen LogP contribution in [-0.2, 0) is 0 Å². The molecule has 2 aromatic rings. The Morgan fingerprint density at radius 1 is 1.11 bits per heavy atom. The number of nitrogens with zero attached hydrogens (tertiary/aromatic N) is 1. The van der Waals surface area contributed by atoms with E-state index >= 15 is 0 Å². The SMILES string of the molecule is Cc1cc(-c2cccc(F)c2)nc[c]1[Ge]([CH3])([CH3])[CH3]. The van der Waals surface area contributed by atoms with Crippen molar-refractivity contribution in [2.75, 3.05) is 0 Å². The average molecular weight is 304 g/mol. The van der Waals surface area contributed by atoms with Crippen molar-refractivity contribution in [1.82, 2.24) is 4.98 Å². The first-order valence-corrected chi connectivity index (χ1v) is 13.5. The topological polar surface area (TPSA) is 12.9 Å². The van der Waals surface area contributed by atoms with Gasteiger partial charge in [0.05, 0.1) is 0 Å².